The van der Waals surface area contributed by atoms with Gasteiger partial charge in [0.2, 0.25) is 0 Å². The average Bonchev–Trinajstić information content (AvgIpc) is 2.27. The molecule has 0 spiro atoms. The van der Waals surface area contributed by atoms with Crippen molar-refractivity contribution in [3.63, 3.8) is 0 Å². The third kappa shape index (κ3) is 2.86. The van der Waals surface area contributed by atoms with Gasteiger partial charge in [0.25, 0.3) is 5.56 Å². The number of nitrogens with zero attached hydrogens (tertiary/aromatic N) is 3. The molecule has 0 aliphatic rings. The Kier molecular flexibility index (Phi) is 4.11. The Morgan fingerprint density at radius 1 is 1.33 bits per heavy atom. The van der Waals surface area contributed by atoms with Crippen molar-refractivity contribution < 1.29 is 0 Å². The number of halogens is 1. The number of hydrogen-bond donors (Lipinski definition) is 0. The molecule has 0 amide bonds. The summed E-state index contributed by atoms with van der Waals surface area (Å²) in [7, 11) is 1.85. The van der Waals surface area contributed by atoms with Crippen LogP contribution in [-0.2, 0) is 5.54 Å². The van der Waals surface area contributed by atoms with Crippen LogP contribution in [0.4, 0.5) is 5.82 Å². The van der Waals surface area contributed by atoms with Crippen molar-refractivity contribution in [1.82, 2.24) is 9.55 Å². The van der Waals surface area contributed by atoms with Crippen LogP contribution in [-0.4, -0.2) is 28.0 Å². The van der Waals surface area contributed by atoms with Crippen LogP contribution in [0.1, 0.15) is 34.6 Å². The van der Waals surface area contributed by atoms with Crippen molar-refractivity contribution in [2.24, 2.45) is 0 Å². The summed E-state index contributed by atoms with van der Waals surface area (Å²) in [6.45, 7) is 9.94. The van der Waals surface area contributed by atoms with Crippen LogP contribution in [0.5, 0.6) is 0 Å². The van der Waals surface area contributed by atoms with Crippen molar-refractivity contribution in [2.75, 3.05) is 17.8 Å². The summed E-state index contributed by atoms with van der Waals surface area (Å²) < 4.78 is 1.69. The topological polar surface area (TPSA) is 38.1 Å². The predicted octanol–water partition coefficient (Wildman–Crippen LogP) is 2.45. The van der Waals surface area contributed by atoms with Crippen LogP contribution in [0.25, 0.3) is 0 Å². The molecule has 0 atom stereocenters. The molecule has 0 unspecified atom stereocenters. The molecule has 0 aliphatic heterocycles. The fraction of sp³-hybridized carbons (Fsp3) is 0.692. The minimum absolute atomic E-state index is 0.0920. The largest absolute Gasteiger partial charge is 0.349 e. The predicted molar refractivity (Wildman–Crippen MR) is 76.7 cm³/mol. The van der Waals surface area contributed by atoms with E-state index in [4.69, 9.17) is 11.6 Å². The monoisotopic (exact) mass is 271 g/mol. The fourth-order valence-electron chi connectivity index (χ4n) is 1.54. The van der Waals surface area contributed by atoms with Gasteiger partial charge in [-0.1, -0.05) is 0 Å². The zero-order chi connectivity index (χ0) is 14.1. The van der Waals surface area contributed by atoms with Gasteiger partial charge in [0, 0.05) is 36.4 Å². The SMILES string of the molecule is CN(c1nccn(C(C)(C)C)c1=O)C(C)(C)CCl. The van der Waals surface area contributed by atoms with Crippen LogP contribution in [0.2, 0.25) is 0 Å². The third-order valence-electron chi connectivity index (χ3n) is 3.10. The molecular weight excluding hydrogens is 250 g/mol. The summed E-state index contributed by atoms with van der Waals surface area (Å²) >= 11 is 5.94. The van der Waals surface area contributed by atoms with Gasteiger partial charge < -0.3 is 9.47 Å². The molecule has 4 nitrogen and oxygen atoms in total. The first-order valence-corrected chi connectivity index (χ1v) is 6.52. The van der Waals surface area contributed by atoms with E-state index in [2.05, 4.69) is 4.98 Å². The van der Waals surface area contributed by atoms with Gasteiger partial charge in [-0.25, -0.2) is 4.98 Å². The lowest BCUT2D eigenvalue weighted by atomic mass is 10.1. The van der Waals surface area contributed by atoms with Gasteiger partial charge in [0.15, 0.2) is 5.82 Å². The van der Waals surface area contributed by atoms with E-state index in [9.17, 15) is 4.79 Å². The summed E-state index contributed by atoms with van der Waals surface area (Å²) in [6, 6.07) is 0. The average molecular weight is 272 g/mol. The summed E-state index contributed by atoms with van der Waals surface area (Å²) in [5.74, 6) is 0.854. The highest BCUT2D eigenvalue weighted by atomic mass is 35.5. The first-order chi connectivity index (χ1) is 8.11. The zero-order valence-electron chi connectivity index (χ0n) is 12.0. The maximum atomic E-state index is 12.4. The molecule has 0 fully saturated rings. The molecule has 1 aromatic heterocycles. The third-order valence-corrected chi connectivity index (χ3v) is 3.75. The van der Waals surface area contributed by atoms with Gasteiger partial charge in [-0.05, 0) is 34.6 Å². The number of anilines is 1. The Labute approximate surface area is 114 Å². The lowest BCUT2D eigenvalue weighted by Crippen LogP contribution is -2.47. The van der Waals surface area contributed by atoms with E-state index in [0.29, 0.717) is 11.7 Å². The van der Waals surface area contributed by atoms with Crippen LogP contribution in [0, 0.1) is 0 Å². The minimum atomic E-state index is -0.315. The molecule has 0 N–H and O–H groups in total. The molecule has 0 aromatic carbocycles. The Hall–Kier alpha value is -1.03. The summed E-state index contributed by atoms with van der Waals surface area (Å²) in [5.41, 5.74) is -0.670. The second-order valence-corrected chi connectivity index (χ2v) is 6.37. The van der Waals surface area contributed by atoms with Gasteiger partial charge in [0.05, 0.1) is 0 Å². The molecule has 18 heavy (non-hydrogen) atoms. The van der Waals surface area contributed by atoms with Crippen LogP contribution >= 0.6 is 11.6 Å². The quantitative estimate of drug-likeness (QED) is 0.793. The molecule has 0 aliphatic carbocycles. The molecule has 0 bridgehead atoms. The van der Waals surface area contributed by atoms with Gasteiger partial charge >= 0.3 is 0 Å². The van der Waals surface area contributed by atoms with Gasteiger partial charge in [0.1, 0.15) is 0 Å². The van der Waals surface area contributed by atoms with E-state index in [0.717, 1.165) is 0 Å². The molecule has 102 valence electrons. The lowest BCUT2D eigenvalue weighted by Gasteiger charge is -2.35. The number of alkyl halides is 1. The first-order valence-electron chi connectivity index (χ1n) is 5.99. The Balaban J connectivity index is 3.33. The standard InChI is InChI=1S/C13H22ClN3O/c1-12(2,3)17-8-7-15-10(11(17)18)16(6)13(4,5)9-14/h7-8H,9H2,1-6H3. The molecule has 0 saturated heterocycles. The second-order valence-electron chi connectivity index (χ2n) is 6.10. The number of rotatable bonds is 3. The van der Waals surface area contributed by atoms with E-state index in [1.165, 1.54) is 0 Å². The molecule has 0 saturated carbocycles. The van der Waals surface area contributed by atoms with Crippen molar-refractivity contribution in [3.8, 4) is 0 Å². The van der Waals surface area contributed by atoms with Crippen molar-refractivity contribution in [3.05, 3.63) is 22.7 Å². The Bertz CT molecular complexity index is 474. The van der Waals surface area contributed by atoms with Gasteiger partial charge in [-0.15, -0.1) is 11.6 Å². The molecule has 1 heterocycles. The maximum Gasteiger partial charge on any atom is 0.293 e. The summed E-state index contributed by atoms with van der Waals surface area (Å²) in [5, 5.41) is 0. The second kappa shape index (κ2) is 4.92. The van der Waals surface area contributed by atoms with E-state index >= 15 is 0 Å². The molecule has 5 heteroatoms. The van der Waals surface area contributed by atoms with E-state index in [-0.39, 0.29) is 16.6 Å². The minimum Gasteiger partial charge on any atom is -0.349 e. The molecular formula is C13H22ClN3O. The summed E-state index contributed by atoms with van der Waals surface area (Å²) in [6.07, 6.45) is 3.37. The maximum absolute atomic E-state index is 12.4. The van der Waals surface area contributed by atoms with E-state index < -0.39 is 0 Å². The van der Waals surface area contributed by atoms with E-state index in [1.807, 2.05) is 46.6 Å². The summed E-state index contributed by atoms with van der Waals surface area (Å²) in [4.78, 5) is 18.5. The molecule has 1 rings (SSSR count). The Morgan fingerprint density at radius 2 is 1.89 bits per heavy atom. The van der Waals surface area contributed by atoms with Crippen LogP contribution in [0.3, 0.4) is 0 Å². The number of aromatic nitrogens is 2. The van der Waals surface area contributed by atoms with Crippen LogP contribution in [0.15, 0.2) is 17.2 Å². The van der Waals surface area contributed by atoms with Crippen molar-refractivity contribution in [1.29, 1.82) is 0 Å². The fourth-order valence-corrected chi connectivity index (χ4v) is 1.72. The van der Waals surface area contributed by atoms with Crippen molar-refractivity contribution in [2.45, 2.75) is 45.7 Å². The first kappa shape index (κ1) is 15.0. The lowest BCUT2D eigenvalue weighted by molar-refractivity contribution is 0.381. The van der Waals surface area contributed by atoms with Crippen molar-refractivity contribution >= 4 is 17.4 Å². The van der Waals surface area contributed by atoms with Crippen LogP contribution < -0.4 is 10.5 Å². The van der Waals surface area contributed by atoms with Gasteiger partial charge in [-0.3, -0.25) is 4.79 Å². The van der Waals surface area contributed by atoms with E-state index in [1.54, 1.807) is 17.0 Å². The number of hydrogen-bond acceptors (Lipinski definition) is 3. The van der Waals surface area contributed by atoms with Gasteiger partial charge in [-0.2, -0.15) is 0 Å². The normalized spacial score (nSPS) is 12.6. The zero-order valence-corrected chi connectivity index (χ0v) is 12.7. The molecule has 0 radical (unpaired) electrons. The highest BCUT2D eigenvalue weighted by Crippen LogP contribution is 2.19. The Morgan fingerprint density at radius 3 is 2.33 bits per heavy atom. The molecule has 1 aromatic rings. The highest BCUT2D eigenvalue weighted by molar-refractivity contribution is 6.18. The highest BCUT2D eigenvalue weighted by Gasteiger charge is 2.27. The smallest absolute Gasteiger partial charge is 0.293 e.